The van der Waals surface area contributed by atoms with E-state index in [1.54, 1.807) is 0 Å². The van der Waals surface area contributed by atoms with Gasteiger partial charge >= 0.3 is 5.97 Å². The van der Waals surface area contributed by atoms with Gasteiger partial charge in [0.05, 0.1) is 6.04 Å². The number of rotatable bonds is 2. The molecule has 0 radical (unpaired) electrons. The van der Waals surface area contributed by atoms with Gasteiger partial charge in [-0.05, 0) is 0 Å². The third kappa shape index (κ3) is 1.86. The maximum Gasteiger partial charge on any atom is 0.335 e. The Labute approximate surface area is 80.0 Å². The first-order valence-electron chi connectivity index (χ1n) is 4.01. The third-order valence-corrected chi connectivity index (χ3v) is 2.13. The van der Waals surface area contributed by atoms with Gasteiger partial charge in [0.2, 0.25) is 0 Å². The van der Waals surface area contributed by atoms with Crippen LogP contribution in [-0.4, -0.2) is 59.0 Å². The Morgan fingerprint density at radius 3 is 2.43 bits per heavy atom. The number of carboxylic acids is 1. The molecule has 0 aromatic carbocycles. The highest BCUT2D eigenvalue weighted by atomic mass is 16.7. The van der Waals surface area contributed by atoms with E-state index in [0.29, 0.717) is 0 Å². The van der Waals surface area contributed by atoms with Gasteiger partial charge in [-0.15, -0.1) is 0 Å². The fourth-order valence-corrected chi connectivity index (χ4v) is 1.30. The molecule has 5 unspecified atom stereocenters. The smallest absolute Gasteiger partial charge is 0.335 e. The number of ether oxygens (including phenoxy) is 2. The molecule has 1 saturated heterocycles. The number of aliphatic hydroxyl groups excluding tert-OH is 2. The van der Waals surface area contributed by atoms with Gasteiger partial charge in [-0.25, -0.2) is 4.79 Å². The molecular weight excluding hydrogens is 194 g/mol. The molecule has 1 heterocycles. The highest BCUT2D eigenvalue weighted by molar-refractivity contribution is 5.73. The van der Waals surface area contributed by atoms with Crippen molar-refractivity contribution in [2.24, 2.45) is 5.73 Å². The van der Waals surface area contributed by atoms with E-state index in [-0.39, 0.29) is 0 Å². The van der Waals surface area contributed by atoms with Crippen LogP contribution in [0.5, 0.6) is 0 Å². The van der Waals surface area contributed by atoms with E-state index in [9.17, 15) is 15.0 Å². The number of hydrogen-bond donors (Lipinski definition) is 4. The van der Waals surface area contributed by atoms with Crippen LogP contribution in [0.15, 0.2) is 0 Å². The average molecular weight is 207 g/mol. The minimum Gasteiger partial charge on any atom is -0.479 e. The van der Waals surface area contributed by atoms with Gasteiger partial charge in [0.25, 0.3) is 0 Å². The van der Waals surface area contributed by atoms with Crippen LogP contribution in [0, 0.1) is 0 Å². The number of carboxylic acid groups (broad SMARTS) is 1. The summed E-state index contributed by atoms with van der Waals surface area (Å²) in [7, 11) is 1.27. The summed E-state index contributed by atoms with van der Waals surface area (Å²) < 4.78 is 9.56. The topological polar surface area (TPSA) is 122 Å². The Hall–Kier alpha value is -0.730. The molecule has 5 atom stereocenters. The van der Waals surface area contributed by atoms with Crippen LogP contribution in [0.2, 0.25) is 0 Å². The first-order valence-corrected chi connectivity index (χ1v) is 4.01. The monoisotopic (exact) mass is 207 g/mol. The zero-order chi connectivity index (χ0) is 10.9. The lowest BCUT2D eigenvalue weighted by Gasteiger charge is -2.38. The van der Waals surface area contributed by atoms with Gasteiger partial charge in [0.15, 0.2) is 12.4 Å². The summed E-state index contributed by atoms with van der Waals surface area (Å²) in [5.41, 5.74) is 5.43. The second-order valence-electron chi connectivity index (χ2n) is 3.06. The Morgan fingerprint density at radius 1 is 1.43 bits per heavy atom. The first-order chi connectivity index (χ1) is 6.49. The largest absolute Gasteiger partial charge is 0.479 e. The maximum absolute atomic E-state index is 10.6. The van der Waals surface area contributed by atoms with Gasteiger partial charge in [-0.3, -0.25) is 0 Å². The molecule has 1 aliphatic heterocycles. The summed E-state index contributed by atoms with van der Waals surface area (Å²) in [6.45, 7) is 0. The number of methoxy groups -OCH3 is 1. The van der Waals surface area contributed by atoms with Crippen LogP contribution in [0.25, 0.3) is 0 Å². The second kappa shape index (κ2) is 4.20. The molecule has 0 amide bonds. The van der Waals surface area contributed by atoms with Crippen molar-refractivity contribution in [1.29, 1.82) is 0 Å². The lowest BCUT2D eigenvalue weighted by molar-refractivity contribution is -0.252. The average Bonchev–Trinajstić information content (AvgIpc) is 2.14. The zero-order valence-electron chi connectivity index (χ0n) is 7.53. The van der Waals surface area contributed by atoms with Crippen LogP contribution >= 0.6 is 0 Å². The van der Waals surface area contributed by atoms with Crippen LogP contribution in [0.4, 0.5) is 0 Å². The molecule has 0 aliphatic carbocycles. The summed E-state index contributed by atoms with van der Waals surface area (Å²) in [4.78, 5) is 10.6. The molecular formula is C7H13NO6. The SMILES string of the molecule is COC1OC(C(=O)O)C(O)C(O)C1N. The van der Waals surface area contributed by atoms with Crippen molar-refractivity contribution in [2.45, 2.75) is 30.6 Å². The second-order valence-corrected chi connectivity index (χ2v) is 3.06. The fourth-order valence-electron chi connectivity index (χ4n) is 1.30. The number of carbonyl (C=O) groups is 1. The summed E-state index contributed by atoms with van der Waals surface area (Å²) >= 11 is 0. The van der Waals surface area contributed by atoms with Crippen molar-refractivity contribution in [3.63, 3.8) is 0 Å². The molecule has 1 aliphatic rings. The van der Waals surface area contributed by atoms with Crippen molar-refractivity contribution < 1.29 is 29.6 Å². The van der Waals surface area contributed by atoms with Gasteiger partial charge in [-0.2, -0.15) is 0 Å². The molecule has 1 fully saturated rings. The molecule has 0 aromatic rings. The van der Waals surface area contributed by atoms with E-state index in [2.05, 4.69) is 0 Å². The van der Waals surface area contributed by atoms with E-state index >= 15 is 0 Å². The van der Waals surface area contributed by atoms with E-state index < -0.39 is 36.6 Å². The van der Waals surface area contributed by atoms with Crippen molar-refractivity contribution in [2.75, 3.05) is 7.11 Å². The molecule has 0 spiro atoms. The van der Waals surface area contributed by atoms with Crippen LogP contribution in [-0.2, 0) is 14.3 Å². The predicted molar refractivity (Wildman–Crippen MR) is 43.3 cm³/mol. The van der Waals surface area contributed by atoms with Gasteiger partial charge in [0.1, 0.15) is 12.2 Å². The standard InChI is InChI=1S/C7H13NO6/c1-13-7-2(8)3(9)4(10)5(14-7)6(11)12/h2-5,7,9-10H,8H2,1H3,(H,11,12). The number of aliphatic carboxylic acids is 1. The van der Waals surface area contributed by atoms with E-state index in [1.807, 2.05) is 0 Å². The maximum atomic E-state index is 10.6. The number of nitrogens with two attached hydrogens (primary N) is 1. The molecule has 82 valence electrons. The Kier molecular flexibility index (Phi) is 3.40. The highest BCUT2D eigenvalue weighted by Gasteiger charge is 2.46. The molecule has 14 heavy (non-hydrogen) atoms. The quantitative estimate of drug-likeness (QED) is 0.394. The highest BCUT2D eigenvalue weighted by Crippen LogP contribution is 2.20. The summed E-state index contributed by atoms with van der Waals surface area (Å²) in [6.07, 6.45) is -5.48. The van der Waals surface area contributed by atoms with E-state index in [4.69, 9.17) is 20.3 Å². The molecule has 0 aromatic heterocycles. The Bertz CT molecular complexity index is 220. The summed E-state index contributed by atoms with van der Waals surface area (Å²) in [5.74, 6) is -1.37. The lowest BCUT2D eigenvalue weighted by atomic mass is 9.97. The zero-order valence-corrected chi connectivity index (χ0v) is 7.53. The Balaban J connectivity index is 2.78. The van der Waals surface area contributed by atoms with Crippen LogP contribution < -0.4 is 5.73 Å². The van der Waals surface area contributed by atoms with Gasteiger partial charge < -0.3 is 30.5 Å². The predicted octanol–water partition coefficient (Wildman–Crippen LogP) is -2.51. The molecule has 0 bridgehead atoms. The van der Waals surface area contributed by atoms with Crippen molar-refractivity contribution in [3.8, 4) is 0 Å². The molecule has 7 heteroatoms. The van der Waals surface area contributed by atoms with E-state index in [1.165, 1.54) is 7.11 Å². The first kappa shape index (κ1) is 11.3. The minimum absolute atomic E-state index is 0.967. The van der Waals surface area contributed by atoms with Gasteiger partial charge in [0, 0.05) is 7.11 Å². The van der Waals surface area contributed by atoms with Crippen LogP contribution in [0.1, 0.15) is 0 Å². The van der Waals surface area contributed by atoms with Crippen molar-refractivity contribution >= 4 is 5.97 Å². The normalized spacial score (nSPS) is 43.6. The lowest BCUT2D eigenvalue weighted by Crippen LogP contribution is -2.63. The molecule has 1 rings (SSSR count). The fraction of sp³-hybridized carbons (Fsp3) is 0.857. The summed E-state index contributed by atoms with van der Waals surface area (Å²) in [6, 6.07) is -0.967. The van der Waals surface area contributed by atoms with Crippen molar-refractivity contribution in [1.82, 2.24) is 0 Å². The molecule has 0 saturated carbocycles. The molecule has 7 nitrogen and oxygen atoms in total. The van der Waals surface area contributed by atoms with Crippen LogP contribution in [0.3, 0.4) is 0 Å². The number of hydrogen-bond acceptors (Lipinski definition) is 6. The Morgan fingerprint density at radius 2 is 2.00 bits per heavy atom. The summed E-state index contributed by atoms with van der Waals surface area (Å²) in [5, 5.41) is 27.3. The minimum atomic E-state index is -1.55. The number of aliphatic hydroxyl groups is 2. The third-order valence-electron chi connectivity index (χ3n) is 2.13. The van der Waals surface area contributed by atoms with E-state index in [0.717, 1.165) is 0 Å². The molecule has 5 N–H and O–H groups in total. The van der Waals surface area contributed by atoms with Crippen molar-refractivity contribution in [3.05, 3.63) is 0 Å². The van der Waals surface area contributed by atoms with Gasteiger partial charge in [-0.1, -0.05) is 0 Å².